The number of rotatable bonds is 3. The normalized spacial score (nSPS) is 11.4. The summed E-state index contributed by atoms with van der Waals surface area (Å²) in [6.07, 6.45) is 1.73. The van der Waals surface area contributed by atoms with E-state index in [0.717, 1.165) is 22.3 Å². The first-order chi connectivity index (χ1) is 9.09. The van der Waals surface area contributed by atoms with Crippen LogP contribution in [0.15, 0.2) is 54.6 Å². The highest BCUT2D eigenvalue weighted by Crippen LogP contribution is 2.19. The number of allylic oxidation sites excluding steroid dienone is 2. The summed E-state index contributed by atoms with van der Waals surface area (Å²) in [5.41, 5.74) is 5.11. The quantitative estimate of drug-likeness (QED) is 0.575. The van der Waals surface area contributed by atoms with Crippen LogP contribution in [0.4, 0.5) is 0 Å². The van der Waals surface area contributed by atoms with Gasteiger partial charge in [0.15, 0.2) is 5.78 Å². The number of hydrogen-bond donors (Lipinski definition) is 0. The number of ketones is 1. The number of carbonyl (C=O) groups is 1. The van der Waals surface area contributed by atoms with Crippen molar-refractivity contribution in [2.24, 2.45) is 0 Å². The summed E-state index contributed by atoms with van der Waals surface area (Å²) in [5.74, 6) is 0.0684. The summed E-state index contributed by atoms with van der Waals surface area (Å²) in [4.78, 5) is 12.3. The average Bonchev–Trinajstić information content (AvgIpc) is 2.39. The van der Waals surface area contributed by atoms with Crippen LogP contribution in [0.25, 0.3) is 5.57 Å². The fourth-order valence-corrected chi connectivity index (χ4v) is 2.22. The molecule has 2 aromatic rings. The van der Waals surface area contributed by atoms with Crippen LogP contribution in [0.5, 0.6) is 0 Å². The number of benzene rings is 2. The molecule has 2 aromatic carbocycles. The third-order valence-corrected chi connectivity index (χ3v) is 3.33. The zero-order valence-electron chi connectivity index (χ0n) is 11.6. The van der Waals surface area contributed by atoms with E-state index >= 15 is 0 Å². The lowest BCUT2D eigenvalue weighted by atomic mass is 9.98. The first-order valence-electron chi connectivity index (χ1n) is 6.44. The Morgan fingerprint density at radius 1 is 0.842 bits per heavy atom. The largest absolute Gasteiger partial charge is 0.289 e. The monoisotopic (exact) mass is 250 g/mol. The first-order valence-corrected chi connectivity index (χ1v) is 6.44. The van der Waals surface area contributed by atoms with Gasteiger partial charge in [-0.2, -0.15) is 0 Å². The number of carbonyl (C=O) groups excluding carboxylic acids is 1. The van der Waals surface area contributed by atoms with Crippen molar-refractivity contribution in [3.63, 3.8) is 0 Å². The van der Waals surface area contributed by atoms with Crippen molar-refractivity contribution < 1.29 is 4.79 Å². The first kappa shape index (κ1) is 13.3. The minimum Gasteiger partial charge on any atom is -0.289 e. The zero-order chi connectivity index (χ0) is 13.8. The lowest BCUT2D eigenvalue weighted by molar-refractivity contribution is 0.104. The van der Waals surface area contributed by atoms with Gasteiger partial charge in [-0.1, -0.05) is 48.5 Å². The molecular weight excluding hydrogens is 232 g/mol. The van der Waals surface area contributed by atoms with Gasteiger partial charge < -0.3 is 0 Å². The number of aryl methyl sites for hydroxylation is 2. The molecule has 96 valence electrons. The van der Waals surface area contributed by atoms with E-state index in [1.807, 2.05) is 56.3 Å². The molecule has 1 nitrogen and oxygen atoms in total. The molecule has 0 aliphatic heterocycles. The minimum atomic E-state index is 0.0684. The molecule has 0 aromatic heterocycles. The molecule has 0 N–H and O–H groups in total. The summed E-state index contributed by atoms with van der Waals surface area (Å²) in [6.45, 7) is 6.01. The van der Waals surface area contributed by atoms with Crippen LogP contribution in [0.3, 0.4) is 0 Å². The van der Waals surface area contributed by atoms with Gasteiger partial charge in [-0.25, -0.2) is 0 Å². The molecule has 0 fully saturated rings. The van der Waals surface area contributed by atoms with E-state index in [9.17, 15) is 4.79 Å². The van der Waals surface area contributed by atoms with Gasteiger partial charge in [0, 0.05) is 5.56 Å². The molecule has 1 heteroatoms. The summed E-state index contributed by atoms with van der Waals surface area (Å²) in [6, 6.07) is 15.8. The van der Waals surface area contributed by atoms with Crippen molar-refractivity contribution in [1.29, 1.82) is 0 Å². The number of hydrogen-bond acceptors (Lipinski definition) is 1. The Balaban J connectivity index is 2.34. The molecule has 0 saturated carbocycles. The highest BCUT2D eigenvalue weighted by Gasteiger charge is 2.07. The van der Waals surface area contributed by atoms with Crippen LogP contribution < -0.4 is 0 Å². The van der Waals surface area contributed by atoms with Gasteiger partial charge >= 0.3 is 0 Å². The average molecular weight is 250 g/mol. The maximum atomic E-state index is 12.3. The van der Waals surface area contributed by atoms with E-state index < -0.39 is 0 Å². The maximum Gasteiger partial charge on any atom is 0.186 e. The molecule has 0 heterocycles. The Labute approximate surface area is 114 Å². The maximum absolute atomic E-state index is 12.3. The van der Waals surface area contributed by atoms with Gasteiger partial charge in [-0.3, -0.25) is 4.79 Å². The Morgan fingerprint density at radius 3 is 1.84 bits per heavy atom. The smallest absolute Gasteiger partial charge is 0.186 e. The fourth-order valence-electron chi connectivity index (χ4n) is 2.22. The summed E-state index contributed by atoms with van der Waals surface area (Å²) in [7, 11) is 0. The zero-order valence-corrected chi connectivity index (χ0v) is 11.6. The minimum absolute atomic E-state index is 0.0684. The Kier molecular flexibility index (Phi) is 3.96. The molecule has 0 aliphatic carbocycles. The topological polar surface area (TPSA) is 17.1 Å². The molecule has 0 amide bonds. The summed E-state index contributed by atoms with van der Waals surface area (Å²) >= 11 is 0. The van der Waals surface area contributed by atoms with E-state index in [1.54, 1.807) is 6.08 Å². The van der Waals surface area contributed by atoms with Crippen LogP contribution in [0, 0.1) is 13.8 Å². The van der Waals surface area contributed by atoms with Crippen molar-refractivity contribution in [2.45, 2.75) is 20.8 Å². The Bertz CT molecular complexity index is 636. The standard InChI is InChI=1S/C18H18O/c1-13-8-4-6-10-16(13)15(3)12-18(19)17-11-7-5-9-14(17)2/h4-12H,1-3H3. The molecule has 0 spiro atoms. The Morgan fingerprint density at radius 2 is 1.32 bits per heavy atom. The van der Waals surface area contributed by atoms with Gasteiger partial charge in [0.25, 0.3) is 0 Å². The van der Waals surface area contributed by atoms with E-state index in [0.29, 0.717) is 0 Å². The summed E-state index contributed by atoms with van der Waals surface area (Å²) in [5, 5.41) is 0. The van der Waals surface area contributed by atoms with Gasteiger partial charge in [-0.15, -0.1) is 0 Å². The molecule has 0 unspecified atom stereocenters. The second-order valence-electron chi connectivity index (χ2n) is 4.82. The van der Waals surface area contributed by atoms with Gasteiger partial charge in [0.2, 0.25) is 0 Å². The predicted octanol–water partition coefficient (Wildman–Crippen LogP) is 4.59. The molecule has 0 atom stereocenters. The third-order valence-electron chi connectivity index (χ3n) is 3.33. The SMILES string of the molecule is CC(=CC(=O)c1ccccc1C)c1ccccc1C. The van der Waals surface area contributed by atoms with E-state index in [1.165, 1.54) is 5.56 Å². The molecule has 0 saturated heterocycles. The third kappa shape index (κ3) is 3.00. The van der Waals surface area contributed by atoms with E-state index in [4.69, 9.17) is 0 Å². The molecule has 0 radical (unpaired) electrons. The van der Waals surface area contributed by atoms with Crippen molar-refractivity contribution in [1.82, 2.24) is 0 Å². The fraction of sp³-hybridized carbons (Fsp3) is 0.167. The lowest BCUT2D eigenvalue weighted by Gasteiger charge is -2.06. The van der Waals surface area contributed by atoms with Crippen LogP contribution >= 0.6 is 0 Å². The molecule has 2 rings (SSSR count). The van der Waals surface area contributed by atoms with Crippen molar-refractivity contribution in [2.75, 3.05) is 0 Å². The van der Waals surface area contributed by atoms with Crippen LogP contribution in [-0.2, 0) is 0 Å². The lowest BCUT2D eigenvalue weighted by Crippen LogP contribution is -1.99. The van der Waals surface area contributed by atoms with Crippen molar-refractivity contribution >= 4 is 11.4 Å². The van der Waals surface area contributed by atoms with Crippen LogP contribution in [0.1, 0.15) is 34.0 Å². The van der Waals surface area contributed by atoms with E-state index in [-0.39, 0.29) is 5.78 Å². The second kappa shape index (κ2) is 5.66. The van der Waals surface area contributed by atoms with Crippen molar-refractivity contribution in [3.05, 3.63) is 76.9 Å². The van der Waals surface area contributed by atoms with Gasteiger partial charge in [-0.05, 0) is 49.1 Å². The molecule has 0 aliphatic rings. The van der Waals surface area contributed by atoms with Crippen molar-refractivity contribution in [3.8, 4) is 0 Å². The Hall–Kier alpha value is -2.15. The summed E-state index contributed by atoms with van der Waals surface area (Å²) < 4.78 is 0. The molecular formula is C18H18O. The van der Waals surface area contributed by atoms with E-state index in [2.05, 4.69) is 13.0 Å². The molecule has 0 bridgehead atoms. The van der Waals surface area contributed by atoms with Crippen LogP contribution in [0.2, 0.25) is 0 Å². The predicted molar refractivity (Wildman–Crippen MR) is 80.3 cm³/mol. The second-order valence-corrected chi connectivity index (χ2v) is 4.82. The molecule has 19 heavy (non-hydrogen) atoms. The van der Waals surface area contributed by atoms with Crippen LogP contribution in [-0.4, -0.2) is 5.78 Å². The highest BCUT2D eigenvalue weighted by molar-refractivity contribution is 6.09. The highest BCUT2D eigenvalue weighted by atomic mass is 16.1. The van der Waals surface area contributed by atoms with Gasteiger partial charge in [0.05, 0.1) is 0 Å². The van der Waals surface area contributed by atoms with Gasteiger partial charge in [0.1, 0.15) is 0 Å².